The van der Waals surface area contributed by atoms with Crippen molar-refractivity contribution >= 4 is 46.5 Å². The quantitative estimate of drug-likeness (QED) is 0.458. The fourth-order valence-corrected chi connectivity index (χ4v) is 5.20. The Balaban J connectivity index is 1.45. The highest BCUT2D eigenvalue weighted by Crippen LogP contribution is 2.33. The molecule has 2 N–H and O–H groups in total. The molecular weight excluding hydrogens is 440 g/mol. The van der Waals surface area contributed by atoms with Crippen molar-refractivity contribution in [3.05, 3.63) is 65.2 Å². The van der Waals surface area contributed by atoms with E-state index in [4.69, 9.17) is 9.72 Å². The Bertz CT molecular complexity index is 1420. The second kappa shape index (κ2) is 7.54. The standard InChI is InChI=1S/C23H21N5O2P2/c29-22-20-21-17(14-2-1-13(31)7-12(14)8-24-22)10-26-23(28(21)11-27-20)25-9-16-15-5-6-30-18(15)3-4-19(16)32/h1-4,7,10-11H,5-6,8-9,31-32H2,(H,24,29)(H,25,26). The van der Waals surface area contributed by atoms with Gasteiger partial charge in [0.15, 0.2) is 5.69 Å². The number of nitrogens with one attached hydrogen (secondary N) is 2. The minimum absolute atomic E-state index is 0.184. The van der Waals surface area contributed by atoms with Gasteiger partial charge in [-0.2, -0.15) is 0 Å². The molecule has 2 aromatic heterocycles. The summed E-state index contributed by atoms with van der Waals surface area (Å²) >= 11 is 0. The SMILES string of the molecule is O=C1NCc2cc(P)ccc2-c2cnc(NCc3c(P)ccc4c3CCO4)n3cnc1c23. The Morgan fingerprint density at radius 3 is 2.97 bits per heavy atom. The molecular formula is C23H21N5O2P2. The molecule has 2 aliphatic heterocycles. The summed E-state index contributed by atoms with van der Waals surface area (Å²) in [5.74, 6) is 1.41. The molecule has 0 radical (unpaired) electrons. The van der Waals surface area contributed by atoms with Gasteiger partial charge < -0.3 is 15.4 Å². The average molecular weight is 461 g/mol. The normalized spacial score (nSPS) is 14.2. The van der Waals surface area contributed by atoms with Crippen molar-refractivity contribution in [2.45, 2.75) is 19.5 Å². The Hall–Kier alpha value is -3.01. The number of benzene rings is 2. The van der Waals surface area contributed by atoms with E-state index in [9.17, 15) is 4.79 Å². The van der Waals surface area contributed by atoms with E-state index in [1.54, 1.807) is 6.33 Å². The van der Waals surface area contributed by atoms with Crippen molar-refractivity contribution < 1.29 is 9.53 Å². The molecule has 2 aliphatic rings. The lowest BCUT2D eigenvalue weighted by molar-refractivity contribution is 0.0948. The Kier molecular flexibility index (Phi) is 4.63. The number of anilines is 1. The van der Waals surface area contributed by atoms with Crippen molar-refractivity contribution in [3.63, 3.8) is 0 Å². The summed E-state index contributed by atoms with van der Waals surface area (Å²) < 4.78 is 7.59. The second-order valence-electron chi connectivity index (χ2n) is 7.97. The van der Waals surface area contributed by atoms with Crippen molar-refractivity contribution in [1.82, 2.24) is 19.7 Å². The predicted octanol–water partition coefficient (Wildman–Crippen LogP) is 2.19. The monoisotopic (exact) mass is 461 g/mol. The van der Waals surface area contributed by atoms with E-state index in [2.05, 4.69) is 52.3 Å². The lowest BCUT2D eigenvalue weighted by Gasteiger charge is -2.18. The smallest absolute Gasteiger partial charge is 0.272 e. The van der Waals surface area contributed by atoms with E-state index in [1.165, 1.54) is 11.1 Å². The number of fused-ring (bicyclic) bond motifs is 3. The van der Waals surface area contributed by atoms with Gasteiger partial charge >= 0.3 is 0 Å². The van der Waals surface area contributed by atoms with E-state index < -0.39 is 0 Å². The molecule has 1 amide bonds. The zero-order chi connectivity index (χ0) is 21.8. The Labute approximate surface area is 189 Å². The molecule has 4 heterocycles. The highest BCUT2D eigenvalue weighted by Gasteiger charge is 2.24. The summed E-state index contributed by atoms with van der Waals surface area (Å²) in [5.41, 5.74) is 6.60. The van der Waals surface area contributed by atoms with Crippen LogP contribution in [-0.2, 0) is 19.5 Å². The molecule has 2 unspecified atom stereocenters. The third-order valence-electron chi connectivity index (χ3n) is 6.10. The Morgan fingerprint density at radius 1 is 1.16 bits per heavy atom. The van der Waals surface area contributed by atoms with Gasteiger partial charge in [-0.1, -0.05) is 18.2 Å². The van der Waals surface area contributed by atoms with E-state index in [0.29, 0.717) is 31.3 Å². The summed E-state index contributed by atoms with van der Waals surface area (Å²) in [6.07, 6.45) is 4.40. The van der Waals surface area contributed by atoms with Crippen LogP contribution in [0.3, 0.4) is 0 Å². The number of carbonyl (C=O) groups excluding carboxylic acids is 1. The van der Waals surface area contributed by atoms with Crippen molar-refractivity contribution in [3.8, 4) is 16.9 Å². The molecule has 7 nitrogen and oxygen atoms in total. The minimum Gasteiger partial charge on any atom is -0.493 e. The number of imidazole rings is 1. The molecule has 0 fully saturated rings. The lowest BCUT2D eigenvalue weighted by atomic mass is 9.98. The van der Waals surface area contributed by atoms with Gasteiger partial charge in [-0.15, -0.1) is 18.5 Å². The van der Waals surface area contributed by atoms with Gasteiger partial charge in [0.1, 0.15) is 12.1 Å². The summed E-state index contributed by atoms with van der Waals surface area (Å²) in [6.45, 7) is 1.76. The summed E-state index contributed by atoms with van der Waals surface area (Å²) in [6, 6.07) is 10.3. The fraction of sp³-hybridized carbons (Fsp3) is 0.174. The van der Waals surface area contributed by atoms with Crippen LogP contribution >= 0.6 is 18.5 Å². The maximum atomic E-state index is 12.8. The summed E-state index contributed by atoms with van der Waals surface area (Å²) in [7, 11) is 5.51. The van der Waals surface area contributed by atoms with Crippen LogP contribution < -0.4 is 26.0 Å². The van der Waals surface area contributed by atoms with E-state index in [0.717, 1.165) is 45.0 Å². The molecule has 6 rings (SSSR count). The Morgan fingerprint density at radius 2 is 2.06 bits per heavy atom. The molecule has 0 aliphatic carbocycles. The number of ether oxygens (including phenoxy) is 1. The van der Waals surface area contributed by atoms with E-state index in [1.807, 2.05) is 22.7 Å². The number of aromatic nitrogens is 3. The first kappa shape index (κ1) is 19.7. The van der Waals surface area contributed by atoms with Gasteiger partial charge in [-0.25, -0.2) is 9.97 Å². The van der Waals surface area contributed by atoms with Crippen LogP contribution in [-0.4, -0.2) is 26.9 Å². The van der Waals surface area contributed by atoms with Crippen LogP contribution in [0.2, 0.25) is 0 Å². The summed E-state index contributed by atoms with van der Waals surface area (Å²) in [5, 5.41) is 8.65. The number of amides is 1. The first-order chi connectivity index (χ1) is 15.6. The van der Waals surface area contributed by atoms with E-state index in [-0.39, 0.29) is 5.91 Å². The number of hydrogen-bond donors (Lipinski definition) is 2. The van der Waals surface area contributed by atoms with E-state index >= 15 is 0 Å². The molecule has 2 aromatic carbocycles. The zero-order valence-electron chi connectivity index (χ0n) is 17.2. The van der Waals surface area contributed by atoms with Gasteiger partial charge in [0.05, 0.1) is 12.1 Å². The van der Waals surface area contributed by atoms with Gasteiger partial charge in [0, 0.05) is 36.8 Å². The van der Waals surface area contributed by atoms with Crippen LogP contribution in [0.1, 0.15) is 27.2 Å². The molecule has 32 heavy (non-hydrogen) atoms. The van der Waals surface area contributed by atoms with Gasteiger partial charge in [0.2, 0.25) is 5.95 Å². The molecule has 0 saturated carbocycles. The molecule has 160 valence electrons. The second-order valence-corrected chi connectivity index (χ2v) is 9.26. The van der Waals surface area contributed by atoms with Crippen LogP contribution in [0, 0.1) is 0 Å². The molecule has 0 bridgehead atoms. The topological polar surface area (TPSA) is 80.5 Å². The third kappa shape index (κ3) is 3.08. The van der Waals surface area contributed by atoms with Gasteiger partial charge in [-0.05, 0) is 39.4 Å². The molecule has 0 saturated heterocycles. The third-order valence-corrected chi connectivity index (χ3v) is 7.00. The molecule has 4 aromatic rings. The van der Waals surface area contributed by atoms with Crippen molar-refractivity contribution in [2.24, 2.45) is 0 Å². The van der Waals surface area contributed by atoms with Gasteiger partial charge in [0.25, 0.3) is 5.91 Å². The fourth-order valence-electron chi connectivity index (χ4n) is 4.53. The molecule has 2 atom stereocenters. The molecule has 9 heteroatoms. The van der Waals surface area contributed by atoms with Crippen molar-refractivity contribution in [1.29, 1.82) is 0 Å². The summed E-state index contributed by atoms with van der Waals surface area (Å²) in [4.78, 5) is 22.0. The highest BCUT2D eigenvalue weighted by atomic mass is 31.0. The lowest BCUT2D eigenvalue weighted by Crippen LogP contribution is -2.25. The van der Waals surface area contributed by atoms with Crippen LogP contribution in [0.15, 0.2) is 42.9 Å². The first-order valence-electron chi connectivity index (χ1n) is 10.4. The van der Waals surface area contributed by atoms with Crippen LogP contribution in [0.4, 0.5) is 5.95 Å². The maximum Gasteiger partial charge on any atom is 0.272 e. The molecule has 0 spiro atoms. The number of nitrogens with zero attached hydrogens (tertiary/aromatic N) is 3. The number of rotatable bonds is 3. The van der Waals surface area contributed by atoms with Crippen LogP contribution in [0.25, 0.3) is 16.6 Å². The largest absolute Gasteiger partial charge is 0.493 e. The van der Waals surface area contributed by atoms with Gasteiger partial charge in [-0.3, -0.25) is 9.20 Å². The maximum absolute atomic E-state index is 12.8. The van der Waals surface area contributed by atoms with Crippen molar-refractivity contribution in [2.75, 3.05) is 11.9 Å². The number of carbonyl (C=O) groups is 1. The number of hydrogen-bond acceptors (Lipinski definition) is 5. The predicted molar refractivity (Wildman–Crippen MR) is 131 cm³/mol. The van der Waals surface area contributed by atoms with Crippen LogP contribution in [0.5, 0.6) is 5.75 Å². The highest BCUT2D eigenvalue weighted by molar-refractivity contribution is 7.27. The average Bonchev–Trinajstić information content (AvgIpc) is 3.44. The minimum atomic E-state index is -0.184. The zero-order valence-corrected chi connectivity index (χ0v) is 19.5. The first-order valence-corrected chi connectivity index (χ1v) is 11.6.